The van der Waals surface area contributed by atoms with E-state index >= 15 is 33.6 Å². The molecule has 7 rings (SSSR count). The molecule has 0 saturated carbocycles. The number of primary amides is 2. The number of para-hydroxylation sites is 1. The number of nitrogens with one attached hydrogen (secondary N) is 20. The second-order valence-electron chi connectivity index (χ2n) is 35.7. The third kappa shape index (κ3) is 39.3. The summed E-state index contributed by atoms with van der Waals surface area (Å²) in [7, 11) is 0. The molecular formula is C91H130N26O25S3. The van der Waals surface area contributed by atoms with Crippen LogP contribution in [0.15, 0.2) is 79.0 Å². The van der Waals surface area contributed by atoms with Crippen LogP contribution in [0.1, 0.15) is 139 Å². The van der Waals surface area contributed by atoms with Crippen molar-refractivity contribution in [2.75, 3.05) is 50.0 Å². The smallest absolute Gasteiger partial charge is 0.305 e. The van der Waals surface area contributed by atoms with Gasteiger partial charge in [0.2, 0.25) is 106 Å². The minimum Gasteiger partial charge on any atom is -0.481 e. The molecule has 1 aromatic heterocycles. The highest BCUT2D eigenvalue weighted by Gasteiger charge is 2.44. The number of hydrogen-bond acceptors (Lipinski definition) is 28. The van der Waals surface area contributed by atoms with Gasteiger partial charge in [-0.2, -0.15) is 35.3 Å². The van der Waals surface area contributed by atoms with Crippen LogP contribution in [0, 0.1) is 22.7 Å². The summed E-state index contributed by atoms with van der Waals surface area (Å²) in [5.41, 5.74) is 31.2. The van der Waals surface area contributed by atoms with E-state index in [9.17, 15) is 87.5 Å². The van der Waals surface area contributed by atoms with Crippen LogP contribution in [0.2, 0.25) is 0 Å². The van der Waals surface area contributed by atoms with Gasteiger partial charge in [0, 0.05) is 90.5 Å². The maximum absolute atomic E-state index is 15.9. The van der Waals surface area contributed by atoms with E-state index in [0.717, 1.165) is 40.2 Å². The summed E-state index contributed by atoms with van der Waals surface area (Å²) in [5, 5.41) is 99.8. The number of amides is 18. The lowest BCUT2D eigenvalue weighted by molar-refractivity contribution is -0.143. The van der Waals surface area contributed by atoms with E-state index < -0.39 is 315 Å². The average Bonchev–Trinajstić information content (AvgIpc) is 1.71. The zero-order chi connectivity index (χ0) is 107. The highest BCUT2D eigenvalue weighted by atomic mass is 32.2. The predicted octanol–water partition coefficient (Wildman–Crippen LogP) is -6.98. The molecule has 1 fully saturated rings. The Labute approximate surface area is 845 Å². The SMILES string of the molecule is CC(C)C[C@H]1NC(=O)[C@H](Cc2c[nH]c3ccccc23)NC(=O)[C@H](CCC(=O)O)NC(=O)[C@H](CC(=O)O)NC(=O)[C@H](C(C)C)NC(=O)[C@@H]2CCCN2C(=O)[C@@H]2CSCc3cc(cc(c3)CSC[C@@H](C(=O)NCC(N)=O)NC1=O)CSC[C@H](NC(=O)[C@H](C)N)C(=O)N[C@@H](CO)C(=O)N[C@@H](CC(=O)O)C(=O)N[C@@H](CCCNC(=N)N)C(=O)N[C@@H](Cc1ccccc1)C(=O)N[C@@H](CCCNC(=N)N)C(=O)N[C@@H](CC(N)=O)C(=O)N2. The first-order valence-electron chi connectivity index (χ1n) is 46.7. The number of aromatic nitrogens is 1. The molecule has 0 aliphatic carbocycles. The van der Waals surface area contributed by atoms with Gasteiger partial charge < -0.3 is 149 Å². The maximum atomic E-state index is 15.9. The van der Waals surface area contributed by atoms with Gasteiger partial charge in [0.25, 0.3) is 0 Å². The fourth-order valence-electron chi connectivity index (χ4n) is 15.7. The van der Waals surface area contributed by atoms with Crippen LogP contribution in [-0.4, -0.2) is 313 Å². The van der Waals surface area contributed by atoms with Crippen molar-refractivity contribution in [1.29, 1.82) is 10.8 Å². The first kappa shape index (κ1) is 118. The monoisotopic (exact) mass is 2080 g/mol. The Balaban J connectivity index is 1.43. The molecule has 3 aliphatic rings. The number of carboxylic acids is 3. The summed E-state index contributed by atoms with van der Waals surface area (Å²) in [6.45, 7) is 5.08. The fourth-order valence-corrected chi connectivity index (χ4v) is 18.6. The molecule has 1 saturated heterocycles. The van der Waals surface area contributed by atoms with Crippen LogP contribution in [0.25, 0.3) is 10.9 Å². The van der Waals surface area contributed by atoms with Gasteiger partial charge in [-0.15, -0.1) is 0 Å². The Hall–Kier alpha value is -14.4. The number of H-pyrrole nitrogens is 1. The number of nitrogens with two attached hydrogens (primary N) is 5. The second kappa shape index (κ2) is 58.4. The highest BCUT2D eigenvalue weighted by Crippen LogP contribution is 2.28. The number of aliphatic carboxylic acids is 3. The van der Waals surface area contributed by atoms with Crippen LogP contribution in [0.3, 0.4) is 0 Å². The molecule has 4 bridgehead atoms. The molecule has 3 aromatic carbocycles. The Bertz CT molecular complexity index is 5350. The van der Waals surface area contributed by atoms with Crippen molar-refractivity contribution in [3.05, 3.63) is 107 Å². The number of carbonyl (C=O) groups is 21. The van der Waals surface area contributed by atoms with Gasteiger partial charge in [0.05, 0.1) is 38.5 Å². The minimum atomic E-state index is -2.13. The summed E-state index contributed by atoms with van der Waals surface area (Å²) in [4.78, 5) is 306. The molecule has 34 N–H and O–H groups in total. The largest absolute Gasteiger partial charge is 0.481 e. The third-order valence-corrected chi connectivity index (χ3v) is 26.3. The summed E-state index contributed by atoms with van der Waals surface area (Å²) in [6, 6.07) is -8.74. The number of nitrogens with zero attached hydrogens (tertiary/aromatic N) is 1. The Morgan fingerprint density at radius 1 is 0.476 bits per heavy atom. The first-order valence-corrected chi connectivity index (χ1v) is 50.2. The summed E-state index contributed by atoms with van der Waals surface area (Å²) in [5.74, 6) is -29.4. The van der Waals surface area contributed by atoms with E-state index in [0.29, 0.717) is 38.7 Å². The first-order chi connectivity index (χ1) is 68.7. The molecule has 0 unspecified atom stereocenters. The Kier molecular flexibility index (Phi) is 47.3. The lowest BCUT2D eigenvalue weighted by Gasteiger charge is -2.31. The van der Waals surface area contributed by atoms with E-state index in [2.05, 4.69) is 95.4 Å². The van der Waals surface area contributed by atoms with Gasteiger partial charge in [-0.05, 0) is 104 Å². The van der Waals surface area contributed by atoms with E-state index in [1.807, 2.05) is 0 Å². The summed E-state index contributed by atoms with van der Waals surface area (Å²) >= 11 is 3.00. The van der Waals surface area contributed by atoms with E-state index in [-0.39, 0.29) is 86.9 Å². The van der Waals surface area contributed by atoms with E-state index in [4.69, 9.17) is 39.5 Å². The second-order valence-corrected chi connectivity index (χ2v) is 38.8. The zero-order valence-electron chi connectivity index (χ0n) is 80.5. The number of fused-ring (bicyclic) bond motifs is 7. The Morgan fingerprint density at radius 3 is 1.44 bits per heavy atom. The molecule has 4 aromatic rings. The number of rotatable bonds is 30. The average molecular weight is 2080 g/mol. The molecule has 792 valence electrons. The predicted molar refractivity (Wildman–Crippen MR) is 530 cm³/mol. The molecule has 4 heterocycles. The van der Waals surface area contributed by atoms with Crippen molar-refractivity contribution in [2.45, 2.75) is 238 Å². The van der Waals surface area contributed by atoms with E-state index in [1.54, 1.807) is 86.6 Å². The standard InChI is InChI=1S/C91H130N26O25S3/c1-44(2)26-57-79(132)114-64(75(128)102-36-69(94)120)41-143-38-48-27-49-29-50(28-48)40-145-43-66(89(142)117-25-13-20-67(117)87(140)116-73(45(3)4)88(141)111-62(34-72(125)126)84(137)105-56(21-22-70(121)122)78(131)108-59(81(134)106-57)31-51-35-101-53-17-10-9-16-52(51)53)115-82(135)60(32-68(93)119)109-77(130)55(19-12-24-100-91(97)98)103-80(133)58(30-47-14-7-6-8-15-47)107-76(129)54(18-11-23-99-90(95)96)104-83(136)61(33-71(123)124)110-85(138)63(37-118)112-86(139)65(42-144-39-49)113-74(127)46(5)92/h6-10,14-17,27-29,35,44-46,54-67,73,101,118H,11-13,18-26,30-34,36-43,92H2,1-5H3,(H2,93,119)(H2,94,120)(H,102,128)(H,103,133)(H,104,136)(H,105,137)(H,106,134)(H,107,129)(H,108,131)(H,109,130)(H,110,138)(H,111,141)(H,112,139)(H,113,127)(H,114,132)(H,115,135)(H,116,140)(H,121,122)(H,123,124)(H,125,126)(H4,95,96,99)(H4,97,98,100)/t46-,54-,55-,56-,57+,58-,59-,60-,61-,62-,63-,64-,65-,66-,67-,73-/m0/s1. The lowest BCUT2D eigenvalue weighted by atomic mass is 10.00. The lowest BCUT2D eigenvalue weighted by Crippen LogP contribution is -2.62. The molecule has 54 heteroatoms. The Morgan fingerprint density at radius 2 is 0.931 bits per heavy atom. The van der Waals surface area contributed by atoms with Crippen LogP contribution >= 0.6 is 35.3 Å². The topological polar surface area (TPSA) is 841 Å². The molecule has 16 atom stereocenters. The van der Waals surface area contributed by atoms with Gasteiger partial charge in [0.15, 0.2) is 11.9 Å². The zero-order valence-corrected chi connectivity index (χ0v) is 82.9. The minimum absolute atomic E-state index is 0.0677. The number of benzene rings is 3. The molecule has 145 heavy (non-hydrogen) atoms. The summed E-state index contributed by atoms with van der Waals surface area (Å²) in [6.07, 6.45) is -5.52. The van der Waals surface area contributed by atoms with Crippen LogP contribution in [-0.2, 0) is 131 Å². The summed E-state index contributed by atoms with van der Waals surface area (Å²) < 4.78 is 0. The van der Waals surface area contributed by atoms with E-state index in [1.165, 1.54) is 27.0 Å². The fraction of sp³-hybridized carbons (Fsp3) is 0.527. The molecule has 51 nitrogen and oxygen atoms in total. The van der Waals surface area contributed by atoms with Crippen molar-refractivity contribution in [1.82, 2.24) is 100 Å². The number of hydrogen-bond donors (Lipinski definition) is 29. The third-order valence-electron chi connectivity index (χ3n) is 23.0. The molecule has 18 amide bonds. The van der Waals surface area contributed by atoms with Gasteiger partial charge in [-0.3, -0.25) is 112 Å². The maximum Gasteiger partial charge on any atom is 0.305 e. The van der Waals surface area contributed by atoms with Crippen LogP contribution < -0.4 is 119 Å². The molecule has 3 aliphatic heterocycles. The molecule has 0 spiro atoms. The van der Waals surface area contributed by atoms with Crippen molar-refractivity contribution < 1.29 is 121 Å². The molecule has 0 radical (unpaired) electrons. The number of guanidine groups is 2. The van der Waals surface area contributed by atoms with Gasteiger partial charge >= 0.3 is 17.9 Å². The number of thioether (sulfide) groups is 3. The van der Waals surface area contributed by atoms with Crippen LogP contribution in [0.4, 0.5) is 0 Å². The normalized spacial score (nSPS) is 23.9. The quantitative estimate of drug-likeness (QED) is 0.0131. The van der Waals surface area contributed by atoms with Crippen molar-refractivity contribution in [2.24, 2.45) is 40.5 Å². The number of carboxylic acid groups (broad SMARTS) is 3. The van der Waals surface area contributed by atoms with Crippen molar-refractivity contribution in [3.8, 4) is 0 Å². The number of carbonyl (C=O) groups excluding carboxylic acids is 18. The van der Waals surface area contributed by atoms with Gasteiger partial charge in [-0.1, -0.05) is 94.4 Å². The molecular weight excluding hydrogens is 1950 g/mol. The van der Waals surface area contributed by atoms with Crippen molar-refractivity contribution >= 4 is 182 Å². The van der Waals surface area contributed by atoms with Gasteiger partial charge in [-0.25, -0.2) is 0 Å². The number of aliphatic hydroxyl groups is 1. The highest BCUT2D eigenvalue weighted by molar-refractivity contribution is 7.99. The van der Waals surface area contributed by atoms with Crippen molar-refractivity contribution in [3.63, 3.8) is 0 Å². The van der Waals surface area contributed by atoms with Gasteiger partial charge in [0.1, 0.15) is 90.6 Å². The number of aromatic amines is 1. The van der Waals surface area contributed by atoms with Crippen LogP contribution in [0.5, 0.6) is 0 Å². The number of aliphatic hydroxyl groups excluding tert-OH is 1.